The van der Waals surface area contributed by atoms with E-state index in [1.165, 1.54) is 4.70 Å². The predicted molar refractivity (Wildman–Crippen MR) is 87.2 cm³/mol. The highest BCUT2D eigenvalue weighted by Crippen LogP contribution is 2.34. The van der Waals surface area contributed by atoms with Crippen molar-refractivity contribution in [3.63, 3.8) is 0 Å². The molecule has 0 amide bonds. The Labute approximate surface area is 124 Å². The van der Waals surface area contributed by atoms with E-state index in [1.807, 2.05) is 18.2 Å². The Hall–Kier alpha value is -1.59. The number of thiazole rings is 1. The van der Waals surface area contributed by atoms with E-state index in [0.717, 1.165) is 32.1 Å². The number of phenols is 1. The van der Waals surface area contributed by atoms with Gasteiger partial charge >= 0.3 is 0 Å². The molecule has 0 radical (unpaired) electrons. The van der Waals surface area contributed by atoms with Crippen LogP contribution >= 0.6 is 23.1 Å². The quantitative estimate of drug-likeness (QED) is 0.738. The zero-order chi connectivity index (χ0) is 13.7. The van der Waals surface area contributed by atoms with Crippen molar-refractivity contribution in [2.45, 2.75) is 13.0 Å². The fourth-order valence-electron chi connectivity index (χ4n) is 2.38. The smallest absolute Gasteiger partial charge is 0.149 e. The highest BCUT2D eigenvalue weighted by atomic mass is 32.2. The summed E-state index contributed by atoms with van der Waals surface area (Å²) in [5.41, 5.74) is 1.01. The van der Waals surface area contributed by atoms with Crippen molar-refractivity contribution in [2.75, 3.05) is 5.75 Å². The largest absolute Gasteiger partial charge is 0.508 e. The van der Waals surface area contributed by atoms with Crippen molar-refractivity contribution in [3.05, 3.63) is 35.3 Å². The SMILES string of the molecule is CC1CSC(c2nc3ccc4cc(O)ccc4c3s2)=N1. The Morgan fingerprint density at radius 3 is 2.95 bits per heavy atom. The number of phenolic OH excluding ortho intramolecular Hbond substituents is 1. The minimum atomic E-state index is 0.297. The van der Waals surface area contributed by atoms with E-state index in [1.54, 1.807) is 35.2 Å². The summed E-state index contributed by atoms with van der Waals surface area (Å²) in [4.78, 5) is 9.34. The van der Waals surface area contributed by atoms with Crippen LogP contribution in [0, 0.1) is 0 Å². The monoisotopic (exact) mass is 300 g/mol. The summed E-state index contributed by atoms with van der Waals surface area (Å²) in [5.74, 6) is 1.34. The lowest BCUT2D eigenvalue weighted by Gasteiger charge is -1.98. The molecule has 0 bridgehead atoms. The first kappa shape index (κ1) is 12.2. The number of aromatic nitrogens is 1. The Balaban J connectivity index is 1.95. The van der Waals surface area contributed by atoms with Gasteiger partial charge in [0.25, 0.3) is 0 Å². The number of thioether (sulfide) groups is 1. The van der Waals surface area contributed by atoms with Crippen LogP contribution in [0.4, 0.5) is 0 Å². The van der Waals surface area contributed by atoms with Gasteiger partial charge in [0, 0.05) is 11.1 Å². The van der Waals surface area contributed by atoms with Crippen LogP contribution in [0.1, 0.15) is 11.9 Å². The van der Waals surface area contributed by atoms with E-state index < -0.39 is 0 Å². The Morgan fingerprint density at radius 2 is 2.15 bits per heavy atom. The second kappa shape index (κ2) is 4.46. The van der Waals surface area contributed by atoms with E-state index in [4.69, 9.17) is 4.98 Å². The third-order valence-electron chi connectivity index (χ3n) is 3.34. The van der Waals surface area contributed by atoms with Crippen LogP contribution in [-0.4, -0.2) is 26.9 Å². The lowest BCUT2D eigenvalue weighted by molar-refractivity contribution is 0.476. The van der Waals surface area contributed by atoms with Gasteiger partial charge in [-0.1, -0.05) is 6.07 Å². The van der Waals surface area contributed by atoms with Crippen molar-refractivity contribution in [1.29, 1.82) is 0 Å². The van der Waals surface area contributed by atoms with Gasteiger partial charge in [0.2, 0.25) is 0 Å². The minimum Gasteiger partial charge on any atom is -0.508 e. The highest BCUT2D eigenvalue weighted by molar-refractivity contribution is 8.15. The maximum absolute atomic E-state index is 9.57. The average Bonchev–Trinajstić information content (AvgIpc) is 3.03. The maximum atomic E-state index is 9.57. The first-order valence-corrected chi connectivity index (χ1v) is 8.24. The van der Waals surface area contributed by atoms with Crippen LogP contribution in [-0.2, 0) is 0 Å². The molecule has 4 rings (SSSR count). The number of rotatable bonds is 1. The van der Waals surface area contributed by atoms with Gasteiger partial charge in [-0.3, -0.25) is 4.99 Å². The fraction of sp³-hybridized carbons (Fsp3) is 0.200. The third kappa shape index (κ3) is 1.89. The second-order valence-electron chi connectivity index (χ2n) is 4.93. The molecular weight excluding hydrogens is 288 g/mol. The molecule has 0 saturated heterocycles. The molecule has 2 aromatic carbocycles. The number of aromatic hydroxyl groups is 1. The van der Waals surface area contributed by atoms with E-state index in [0.29, 0.717) is 11.8 Å². The molecule has 0 fully saturated rings. The van der Waals surface area contributed by atoms with Crippen molar-refractivity contribution in [1.82, 2.24) is 4.98 Å². The van der Waals surface area contributed by atoms with Gasteiger partial charge in [-0.25, -0.2) is 4.98 Å². The van der Waals surface area contributed by atoms with Crippen LogP contribution in [0.2, 0.25) is 0 Å². The minimum absolute atomic E-state index is 0.297. The molecule has 1 unspecified atom stereocenters. The third-order valence-corrected chi connectivity index (χ3v) is 5.80. The molecule has 1 N–H and O–H groups in total. The molecular formula is C15H12N2OS2. The van der Waals surface area contributed by atoms with Gasteiger partial charge in [-0.15, -0.1) is 23.1 Å². The molecule has 1 aromatic heterocycles. The lowest BCUT2D eigenvalue weighted by Crippen LogP contribution is -1.93. The normalized spacial score (nSPS) is 18.9. The molecule has 0 saturated carbocycles. The van der Waals surface area contributed by atoms with E-state index in [9.17, 15) is 5.11 Å². The Bertz CT molecular complexity index is 854. The number of benzene rings is 2. The average molecular weight is 300 g/mol. The summed E-state index contributed by atoms with van der Waals surface area (Å²) < 4.78 is 1.17. The molecule has 0 aliphatic carbocycles. The summed E-state index contributed by atoms with van der Waals surface area (Å²) in [5, 5.41) is 13.8. The van der Waals surface area contributed by atoms with Crippen molar-refractivity contribution < 1.29 is 5.11 Å². The van der Waals surface area contributed by atoms with Crippen molar-refractivity contribution >= 4 is 49.1 Å². The summed E-state index contributed by atoms with van der Waals surface area (Å²) in [6.45, 7) is 2.13. The van der Waals surface area contributed by atoms with Gasteiger partial charge in [-0.2, -0.15) is 0 Å². The summed E-state index contributed by atoms with van der Waals surface area (Å²) in [7, 11) is 0. The molecule has 3 aromatic rings. The number of nitrogens with zero attached hydrogens (tertiary/aromatic N) is 2. The number of hydrogen-bond donors (Lipinski definition) is 1. The fourth-order valence-corrected chi connectivity index (χ4v) is 4.57. The molecule has 1 atom stereocenters. The molecule has 100 valence electrons. The number of aliphatic imine (C=N–C) groups is 1. The van der Waals surface area contributed by atoms with E-state index >= 15 is 0 Å². The molecule has 20 heavy (non-hydrogen) atoms. The highest BCUT2D eigenvalue weighted by Gasteiger charge is 2.19. The topological polar surface area (TPSA) is 45.5 Å². The van der Waals surface area contributed by atoms with Crippen molar-refractivity contribution in [3.8, 4) is 5.75 Å². The molecule has 3 nitrogen and oxygen atoms in total. The van der Waals surface area contributed by atoms with Gasteiger partial charge < -0.3 is 5.11 Å². The number of hydrogen-bond acceptors (Lipinski definition) is 5. The van der Waals surface area contributed by atoms with Crippen LogP contribution in [0.3, 0.4) is 0 Å². The first-order chi connectivity index (χ1) is 9.70. The summed E-state index contributed by atoms with van der Waals surface area (Å²) >= 11 is 3.47. The Morgan fingerprint density at radius 1 is 1.25 bits per heavy atom. The van der Waals surface area contributed by atoms with Crippen LogP contribution < -0.4 is 0 Å². The van der Waals surface area contributed by atoms with E-state index in [-0.39, 0.29) is 0 Å². The summed E-state index contributed by atoms with van der Waals surface area (Å²) in [6, 6.07) is 9.88. The van der Waals surface area contributed by atoms with Crippen LogP contribution in [0.5, 0.6) is 5.75 Å². The van der Waals surface area contributed by atoms with E-state index in [2.05, 4.69) is 11.9 Å². The molecule has 2 heterocycles. The summed E-state index contributed by atoms with van der Waals surface area (Å²) in [6.07, 6.45) is 0. The standard InChI is InChI=1S/C15H12N2OS2/c1-8-7-19-14(16-8)15-17-12-5-2-9-6-10(18)3-4-11(9)13(12)20-15/h2-6,8,18H,7H2,1H3. The second-order valence-corrected chi connectivity index (χ2v) is 6.94. The van der Waals surface area contributed by atoms with Crippen LogP contribution in [0.25, 0.3) is 21.0 Å². The van der Waals surface area contributed by atoms with Crippen LogP contribution in [0.15, 0.2) is 35.3 Å². The molecule has 0 spiro atoms. The Kier molecular flexibility index (Phi) is 2.72. The van der Waals surface area contributed by atoms with Gasteiger partial charge in [0.15, 0.2) is 0 Å². The van der Waals surface area contributed by atoms with Gasteiger partial charge in [0.1, 0.15) is 15.8 Å². The molecule has 1 aliphatic heterocycles. The first-order valence-electron chi connectivity index (χ1n) is 6.44. The van der Waals surface area contributed by atoms with Gasteiger partial charge in [-0.05, 0) is 36.6 Å². The molecule has 5 heteroatoms. The number of fused-ring (bicyclic) bond motifs is 3. The molecule has 1 aliphatic rings. The van der Waals surface area contributed by atoms with Crippen molar-refractivity contribution in [2.24, 2.45) is 4.99 Å². The lowest BCUT2D eigenvalue weighted by atomic mass is 10.1. The van der Waals surface area contributed by atoms with Gasteiger partial charge in [0.05, 0.1) is 16.3 Å². The zero-order valence-electron chi connectivity index (χ0n) is 10.8. The predicted octanol–water partition coefficient (Wildman–Crippen LogP) is 4.04. The zero-order valence-corrected chi connectivity index (χ0v) is 12.5. The maximum Gasteiger partial charge on any atom is 0.149 e.